The maximum atomic E-state index is 12.9. The molecule has 0 saturated carbocycles. The van der Waals surface area contributed by atoms with Gasteiger partial charge in [-0.1, -0.05) is 0 Å². The summed E-state index contributed by atoms with van der Waals surface area (Å²) >= 11 is 4.00. The van der Waals surface area contributed by atoms with Crippen LogP contribution in [0.2, 0.25) is 0 Å². The van der Waals surface area contributed by atoms with E-state index >= 15 is 0 Å². The van der Waals surface area contributed by atoms with Gasteiger partial charge in [0.15, 0.2) is 0 Å². The molecule has 12 heavy (non-hydrogen) atoms. The van der Waals surface area contributed by atoms with Gasteiger partial charge < -0.3 is 5.11 Å². The lowest BCUT2D eigenvalue weighted by atomic mass is 10.2. The lowest BCUT2D eigenvalue weighted by molar-refractivity contribution is -0.0530. The highest BCUT2D eigenvalue weighted by Crippen LogP contribution is 2.39. The monoisotopic (exact) mass is 256 g/mol. The van der Waals surface area contributed by atoms with E-state index in [-0.39, 0.29) is 4.88 Å². The predicted molar refractivity (Wildman–Crippen MR) is 47.7 cm³/mol. The van der Waals surface area contributed by atoms with E-state index in [1.54, 1.807) is 12.3 Å². The molecule has 0 spiro atoms. The zero-order chi connectivity index (χ0) is 9.35. The van der Waals surface area contributed by atoms with Gasteiger partial charge in [0, 0.05) is 4.47 Å². The minimum Gasteiger partial charge on any atom is -0.390 e. The van der Waals surface area contributed by atoms with Crippen LogP contribution in [-0.4, -0.2) is 11.7 Å². The molecule has 0 bridgehead atoms. The topological polar surface area (TPSA) is 20.2 Å². The van der Waals surface area contributed by atoms with Gasteiger partial charge in [-0.3, -0.25) is 0 Å². The van der Waals surface area contributed by atoms with Crippen molar-refractivity contribution in [1.29, 1.82) is 0 Å². The fourth-order valence-electron chi connectivity index (χ4n) is 0.748. The molecule has 0 atom stereocenters. The Labute approximate surface area is 81.2 Å². The summed E-state index contributed by atoms with van der Waals surface area (Å²) in [5.74, 6) is -3.13. The zero-order valence-corrected chi connectivity index (χ0v) is 8.68. The molecule has 1 aromatic rings. The van der Waals surface area contributed by atoms with Gasteiger partial charge >= 0.3 is 5.92 Å². The highest BCUT2D eigenvalue weighted by Gasteiger charge is 2.34. The number of hydrogen-bond acceptors (Lipinski definition) is 2. The predicted octanol–water partition coefficient (Wildman–Crippen LogP) is 2.90. The molecule has 0 aliphatic carbocycles. The molecule has 0 unspecified atom stereocenters. The SMILES string of the molecule is Cc1csc(C(F)(F)CO)c1Br. The Morgan fingerprint density at radius 2 is 2.25 bits per heavy atom. The van der Waals surface area contributed by atoms with Crippen molar-refractivity contribution in [2.75, 3.05) is 6.61 Å². The van der Waals surface area contributed by atoms with E-state index in [9.17, 15) is 8.78 Å². The van der Waals surface area contributed by atoms with Crippen LogP contribution >= 0.6 is 27.3 Å². The Balaban J connectivity index is 3.11. The Hall–Kier alpha value is -0.0000000000000000555. The molecule has 0 amide bonds. The van der Waals surface area contributed by atoms with Crippen LogP contribution in [-0.2, 0) is 5.92 Å². The average molecular weight is 257 g/mol. The molecule has 1 N–H and O–H groups in total. The second-order valence-corrected chi connectivity index (χ2v) is 4.10. The fourth-order valence-corrected chi connectivity index (χ4v) is 2.50. The van der Waals surface area contributed by atoms with Gasteiger partial charge in [0.2, 0.25) is 0 Å². The van der Waals surface area contributed by atoms with E-state index in [2.05, 4.69) is 15.9 Å². The van der Waals surface area contributed by atoms with Crippen molar-refractivity contribution in [2.45, 2.75) is 12.8 Å². The fraction of sp³-hybridized carbons (Fsp3) is 0.429. The lowest BCUT2D eigenvalue weighted by Crippen LogP contribution is -2.17. The molecule has 0 fully saturated rings. The number of aliphatic hydroxyl groups excluding tert-OH is 1. The van der Waals surface area contributed by atoms with E-state index in [1.807, 2.05) is 0 Å². The van der Waals surface area contributed by atoms with E-state index in [0.717, 1.165) is 16.9 Å². The summed E-state index contributed by atoms with van der Waals surface area (Å²) in [6.07, 6.45) is 0. The summed E-state index contributed by atoms with van der Waals surface area (Å²) in [4.78, 5) is -0.109. The number of alkyl halides is 2. The summed E-state index contributed by atoms with van der Waals surface area (Å²) in [6, 6.07) is 0. The summed E-state index contributed by atoms with van der Waals surface area (Å²) in [7, 11) is 0. The van der Waals surface area contributed by atoms with Gasteiger partial charge in [-0.2, -0.15) is 8.78 Å². The third-order valence-corrected chi connectivity index (χ3v) is 3.92. The summed E-state index contributed by atoms with van der Waals surface area (Å²) in [5, 5.41) is 10.0. The number of thiophene rings is 1. The molecule has 1 rings (SSSR count). The molecule has 5 heteroatoms. The van der Waals surface area contributed by atoms with Gasteiger partial charge in [0.25, 0.3) is 0 Å². The normalized spacial score (nSPS) is 12.1. The van der Waals surface area contributed by atoms with Crippen LogP contribution < -0.4 is 0 Å². The molecular formula is C7H7BrF2OS. The lowest BCUT2D eigenvalue weighted by Gasteiger charge is -2.11. The van der Waals surface area contributed by atoms with Crippen LogP contribution in [0.15, 0.2) is 9.85 Å². The molecule has 0 aliphatic rings. The Morgan fingerprint density at radius 3 is 2.58 bits per heavy atom. The number of halogens is 3. The van der Waals surface area contributed by atoms with Gasteiger partial charge in [-0.25, -0.2) is 0 Å². The Morgan fingerprint density at radius 1 is 1.67 bits per heavy atom. The first-order valence-corrected chi connectivity index (χ1v) is 4.89. The molecule has 0 aliphatic heterocycles. The summed E-state index contributed by atoms with van der Waals surface area (Å²) in [5.41, 5.74) is 0.767. The maximum absolute atomic E-state index is 12.9. The first kappa shape index (κ1) is 10.1. The molecule has 1 aromatic heterocycles. The van der Waals surface area contributed by atoms with Crippen molar-refractivity contribution in [2.24, 2.45) is 0 Å². The van der Waals surface area contributed by atoms with E-state index in [4.69, 9.17) is 5.11 Å². The largest absolute Gasteiger partial charge is 0.390 e. The van der Waals surface area contributed by atoms with Crippen molar-refractivity contribution in [3.05, 3.63) is 20.3 Å². The molecule has 1 nitrogen and oxygen atoms in total. The van der Waals surface area contributed by atoms with Gasteiger partial charge in [-0.15, -0.1) is 11.3 Å². The summed E-state index contributed by atoms with van der Waals surface area (Å²) < 4.78 is 26.2. The minimum atomic E-state index is -3.13. The van der Waals surface area contributed by atoms with Crippen molar-refractivity contribution < 1.29 is 13.9 Å². The number of rotatable bonds is 2. The zero-order valence-electron chi connectivity index (χ0n) is 6.27. The van der Waals surface area contributed by atoms with Crippen LogP contribution in [0.25, 0.3) is 0 Å². The standard InChI is InChI=1S/C7H7BrF2OS/c1-4-2-12-6(5(4)8)7(9,10)3-11/h2,11H,3H2,1H3. The molecule has 68 valence electrons. The average Bonchev–Trinajstić information content (AvgIpc) is 2.33. The number of hydrogen-bond donors (Lipinski definition) is 1. The van der Waals surface area contributed by atoms with Gasteiger partial charge in [-0.05, 0) is 33.8 Å². The van der Waals surface area contributed by atoms with Crippen LogP contribution in [0.5, 0.6) is 0 Å². The molecule has 1 heterocycles. The van der Waals surface area contributed by atoms with Gasteiger partial charge in [0.05, 0.1) is 4.88 Å². The highest BCUT2D eigenvalue weighted by molar-refractivity contribution is 9.10. The third-order valence-electron chi connectivity index (χ3n) is 1.43. The van der Waals surface area contributed by atoms with Crippen LogP contribution in [0.1, 0.15) is 10.4 Å². The molecule has 0 saturated heterocycles. The Kier molecular flexibility index (Phi) is 2.85. The van der Waals surface area contributed by atoms with E-state index in [1.165, 1.54) is 0 Å². The maximum Gasteiger partial charge on any atom is 0.305 e. The molecule has 0 radical (unpaired) electrons. The van der Waals surface area contributed by atoms with Crippen molar-refractivity contribution in [3.63, 3.8) is 0 Å². The molecule has 0 aromatic carbocycles. The third kappa shape index (κ3) is 1.67. The smallest absolute Gasteiger partial charge is 0.305 e. The van der Waals surface area contributed by atoms with Gasteiger partial charge in [0.1, 0.15) is 6.61 Å². The number of aryl methyl sites for hydroxylation is 1. The Bertz CT molecular complexity index is 285. The first-order valence-electron chi connectivity index (χ1n) is 3.22. The first-order chi connectivity index (χ1) is 5.49. The van der Waals surface area contributed by atoms with E-state index in [0.29, 0.717) is 4.47 Å². The quantitative estimate of drug-likeness (QED) is 0.863. The van der Waals surface area contributed by atoms with Crippen molar-refractivity contribution in [1.82, 2.24) is 0 Å². The second kappa shape index (κ2) is 3.40. The van der Waals surface area contributed by atoms with E-state index < -0.39 is 12.5 Å². The summed E-state index contributed by atoms with van der Waals surface area (Å²) in [6.45, 7) is 0.586. The van der Waals surface area contributed by atoms with Crippen LogP contribution in [0.4, 0.5) is 8.78 Å². The van der Waals surface area contributed by atoms with Crippen molar-refractivity contribution in [3.8, 4) is 0 Å². The number of aliphatic hydroxyl groups is 1. The van der Waals surface area contributed by atoms with Crippen molar-refractivity contribution >= 4 is 27.3 Å². The van der Waals surface area contributed by atoms with Crippen LogP contribution in [0.3, 0.4) is 0 Å². The second-order valence-electron chi connectivity index (χ2n) is 2.42. The minimum absolute atomic E-state index is 0.109. The highest BCUT2D eigenvalue weighted by atomic mass is 79.9. The van der Waals surface area contributed by atoms with Crippen LogP contribution in [0, 0.1) is 6.92 Å². The molecular weight excluding hydrogens is 250 g/mol.